The number of carbonyl (C=O) groups excluding carboxylic acids is 2. The molecule has 0 saturated carbocycles. The minimum absolute atomic E-state index is 0.0257. The fraction of sp³-hybridized carbons (Fsp3) is 0.333. The summed E-state index contributed by atoms with van der Waals surface area (Å²) in [4.78, 5) is 38.4. The minimum atomic E-state index is -0.345. The van der Waals surface area contributed by atoms with Gasteiger partial charge in [0.15, 0.2) is 0 Å². The van der Waals surface area contributed by atoms with E-state index in [-0.39, 0.29) is 18.1 Å². The van der Waals surface area contributed by atoms with E-state index in [1.165, 1.54) is 11.8 Å². The summed E-state index contributed by atoms with van der Waals surface area (Å²) in [6.07, 6.45) is 6.66. The Bertz CT molecular complexity index is 1400. The Kier molecular flexibility index (Phi) is 6.43. The summed E-state index contributed by atoms with van der Waals surface area (Å²) in [5, 5.41) is 2.89. The predicted octanol–water partition coefficient (Wildman–Crippen LogP) is 4.04. The van der Waals surface area contributed by atoms with Gasteiger partial charge >= 0.3 is 6.09 Å². The number of aromatic nitrogens is 2. The Balaban J connectivity index is 1.07. The Morgan fingerprint density at radius 2 is 2.14 bits per heavy atom. The summed E-state index contributed by atoms with van der Waals surface area (Å²) >= 11 is 1.50. The number of likely N-dealkylation sites (tertiary alicyclic amines) is 1. The highest BCUT2D eigenvalue weighted by Gasteiger charge is 2.35. The van der Waals surface area contributed by atoms with Gasteiger partial charge in [-0.25, -0.2) is 9.78 Å². The van der Waals surface area contributed by atoms with Crippen molar-refractivity contribution in [3.63, 3.8) is 0 Å². The first-order valence-corrected chi connectivity index (χ1v) is 13.3. The number of hydrogen-bond donors (Lipinski definition) is 1. The molecule has 5 heterocycles. The number of amides is 2. The van der Waals surface area contributed by atoms with Crippen molar-refractivity contribution in [2.75, 3.05) is 49.3 Å². The maximum atomic E-state index is 12.6. The fourth-order valence-corrected chi connectivity index (χ4v) is 5.84. The number of nitrogens with zero attached hydrogens (tertiary/aromatic N) is 4. The van der Waals surface area contributed by atoms with E-state index >= 15 is 0 Å². The van der Waals surface area contributed by atoms with Gasteiger partial charge in [-0.15, -0.1) is 11.8 Å². The quantitative estimate of drug-likeness (QED) is 0.523. The molecule has 0 unspecified atom stereocenters. The van der Waals surface area contributed by atoms with Gasteiger partial charge < -0.3 is 14.8 Å². The van der Waals surface area contributed by atoms with Crippen molar-refractivity contribution in [2.45, 2.75) is 17.4 Å². The lowest BCUT2D eigenvalue weighted by molar-refractivity contribution is -0.113. The van der Waals surface area contributed by atoms with Crippen LogP contribution in [0.4, 0.5) is 16.2 Å². The van der Waals surface area contributed by atoms with Crippen molar-refractivity contribution < 1.29 is 19.1 Å². The molecule has 1 N–H and O–H groups in total. The Morgan fingerprint density at radius 1 is 1.22 bits per heavy atom. The Morgan fingerprint density at radius 3 is 3.03 bits per heavy atom. The van der Waals surface area contributed by atoms with Crippen LogP contribution in [-0.2, 0) is 9.53 Å². The second kappa shape index (κ2) is 10.0. The van der Waals surface area contributed by atoms with Crippen LogP contribution in [-0.4, -0.2) is 72.0 Å². The van der Waals surface area contributed by atoms with Crippen LogP contribution in [0.5, 0.6) is 5.88 Å². The van der Waals surface area contributed by atoms with Crippen molar-refractivity contribution in [3.05, 3.63) is 54.2 Å². The second-order valence-corrected chi connectivity index (χ2v) is 10.4. The average molecular weight is 518 g/mol. The summed E-state index contributed by atoms with van der Waals surface area (Å²) in [5.74, 6) is 1.36. The molecular formula is C27H27N5O4S. The molecule has 10 heteroatoms. The maximum absolute atomic E-state index is 12.6. The summed E-state index contributed by atoms with van der Waals surface area (Å²) in [6.45, 7) is 3.05. The van der Waals surface area contributed by atoms with Gasteiger partial charge in [0, 0.05) is 41.5 Å². The summed E-state index contributed by atoms with van der Waals surface area (Å²) in [5.41, 5.74) is 4.17. The Labute approximate surface area is 218 Å². The highest BCUT2D eigenvalue weighted by atomic mass is 32.2. The van der Waals surface area contributed by atoms with Crippen LogP contribution in [0, 0.1) is 5.92 Å². The third kappa shape index (κ3) is 4.99. The SMILES string of the molecule is COc1ccc2nccc(C=C[C@@H]3CCN(C[C@@H]4CN(c5ccc6c(c5)NC(=O)CS6)C(=O)O4)C3)c2n1. The maximum Gasteiger partial charge on any atom is 0.414 e. The molecule has 0 spiro atoms. The molecular weight excluding hydrogens is 490 g/mol. The largest absolute Gasteiger partial charge is 0.481 e. The van der Waals surface area contributed by atoms with Crippen LogP contribution in [0.2, 0.25) is 0 Å². The second-order valence-electron chi connectivity index (χ2n) is 9.42. The third-order valence-electron chi connectivity index (χ3n) is 6.90. The summed E-state index contributed by atoms with van der Waals surface area (Å²) < 4.78 is 11.0. The van der Waals surface area contributed by atoms with Crippen LogP contribution < -0.4 is 15.0 Å². The fourth-order valence-electron chi connectivity index (χ4n) is 5.06. The zero-order valence-corrected chi connectivity index (χ0v) is 21.2. The zero-order valence-electron chi connectivity index (χ0n) is 20.4. The number of rotatable bonds is 6. The van der Waals surface area contributed by atoms with Crippen molar-refractivity contribution >= 4 is 52.2 Å². The smallest absolute Gasteiger partial charge is 0.414 e. The first-order chi connectivity index (χ1) is 18.1. The van der Waals surface area contributed by atoms with Gasteiger partial charge in [0.05, 0.1) is 36.1 Å². The normalized spacial score (nSPS) is 21.9. The lowest BCUT2D eigenvalue weighted by Crippen LogP contribution is -2.33. The molecule has 2 atom stereocenters. The topological polar surface area (TPSA) is 96.9 Å². The van der Waals surface area contributed by atoms with E-state index in [1.54, 1.807) is 18.2 Å². The van der Waals surface area contributed by atoms with Crippen molar-refractivity contribution in [2.24, 2.45) is 5.92 Å². The molecule has 0 bridgehead atoms. The molecule has 2 amide bonds. The molecule has 3 aromatic rings. The zero-order chi connectivity index (χ0) is 25.4. The molecule has 3 aliphatic heterocycles. The molecule has 6 rings (SSSR count). The average Bonchev–Trinajstić information content (AvgIpc) is 3.52. The van der Waals surface area contributed by atoms with Crippen molar-refractivity contribution in [1.29, 1.82) is 0 Å². The molecule has 190 valence electrons. The van der Waals surface area contributed by atoms with Crippen molar-refractivity contribution in [3.8, 4) is 5.88 Å². The van der Waals surface area contributed by atoms with E-state index in [0.29, 0.717) is 30.6 Å². The lowest BCUT2D eigenvalue weighted by atomic mass is 10.1. The monoisotopic (exact) mass is 517 g/mol. The first-order valence-electron chi connectivity index (χ1n) is 12.3. The summed E-state index contributed by atoms with van der Waals surface area (Å²) in [7, 11) is 1.61. The number of pyridine rings is 2. The van der Waals surface area contributed by atoms with E-state index in [0.717, 1.165) is 52.4 Å². The van der Waals surface area contributed by atoms with E-state index in [9.17, 15) is 9.59 Å². The first kappa shape index (κ1) is 23.7. The van der Waals surface area contributed by atoms with E-state index in [1.807, 2.05) is 36.4 Å². The number of ether oxygens (including phenoxy) is 2. The van der Waals surface area contributed by atoms with Crippen LogP contribution in [0.25, 0.3) is 17.1 Å². The Hall–Kier alpha value is -3.63. The summed E-state index contributed by atoms with van der Waals surface area (Å²) in [6, 6.07) is 11.4. The number of nitrogens with one attached hydrogen (secondary N) is 1. The highest BCUT2D eigenvalue weighted by Crippen LogP contribution is 2.35. The van der Waals surface area contributed by atoms with Crippen LogP contribution in [0.15, 0.2) is 53.6 Å². The van der Waals surface area contributed by atoms with Gasteiger partial charge in [0.1, 0.15) is 6.10 Å². The standard InChI is InChI=1S/C27H27N5O4S/c1-35-25-7-5-21-26(30-25)18(8-10-28-21)3-2-17-9-11-31(13-17)14-20-15-32(27(34)36-20)19-4-6-23-22(12-19)29-24(33)16-37-23/h2-8,10,12,17,20H,9,11,13-16H2,1H3,(H,29,33)/t17-,20-/m1/s1. The number of cyclic esters (lactones) is 1. The number of fused-ring (bicyclic) bond motifs is 2. The highest BCUT2D eigenvalue weighted by molar-refractivity contribution is 8.00. The van der Waals surface area contributed by atoms with Gasteiger partial charge in [-0.1, -0.05) is 12.2 Å². The third-order valence-corrected chi connectivity index (χ3v) is 7.97. The predicted molar refractivity (Wildman–Crippen MR) is 143 cm³/mol. The molecule has 2 fully saturated rings. The van der Waals surface area contributed by atoms with Gasteiger partial charge in [0.2, 0.25) is 11.8 Å². The van der Waals surface area contributed by atoms with Crippen molar-refractivity contribution in [1.82, 2.24) is 14.9 Å². The number of thioether (sulfide) groups is 1. The molecule has 2 saturated heterocycles. The molecule has 3 aliphatic rings. The molecule has 9 nitrogen and oxygen atoms in total. The molecule has 0 aliphatic carbocycles. The van der Waals surface area contributed by atoms with Crippen LogP contribution in [0.1, 0.15) is 12.0 Å². The van der Waals surface area contributed by atoms with Gasteiger partial charge in [-0.2, -0.15) is 0 Å². The molecule has 1 aromatic carbocycles. The number of hydrogen-bond acceptors (Lipinski definition) is 8. The van der Waals surface area contributed by atoms with Crippen LogP contribution >= 0.6 is 11.8 Å². The number of methoxy groups -OCH3 is 1. The van der Waals surface area contributed by atoms with Gasteiger partial charge in [0.25, 0.3) is 0 Å². The van der Waals surface area contributed by atoms with Crippen LogP contribution in [0.3, 0.4) is 0 Å². The minimum Gasteiger partial charge on any atom is -0.481 e. The lowest BCUT2D eigenvalue weighted by Gasteiger charge is -2.20. The number of anilines is 2. The van der Waals surface area contributed by atoms with E-state index in [4.69, 9.17) is 9.47 Å². The van der Waals surface area contributed by atoms with E-state index < -0.39 is 0 Å². The van der Waals surface area contributed by atoms with E-state index in [2.05, 4.69) is 32.3 Å². The molecule has 0 radical (unpaired) electrons. The van der Waals surface area contributed by atoms with Gasteiger partial charge in [-0.05, 0) is 49.2 Å². The van der Waals surface area contributed by atoms with Gasteiger partial charge in [-0.3, -0.25) is 19.6 Å². The number of benzene rings is 1. The molecule has 2 aromatic heterocycles. The molecule has 37 heavy (non-hydrogen) atoms. The number of carbonyl (C=O) groups is 2.